The molecular formula is C25H23FN4O3. The third kappa shape index (κ3) is 3.51. The summed E-state index contributed by atoms with van der Waals surface area (Å²) in [6, 6.07) is 9.74. The molecule has 3 heterocycles. The predicted octanol–water partition coefficient (Wildman–Crippen LogP) is 2.60. The van der Waals surface area contributed by atoms with Gasteiger partial charge in [0, 0.05) is 30.6 Å². The molecule has 8 heteroatoms. The van der Waals surface area contributed by atoms with Crippen LogP contribution in [0.15, 0.2) is 41.2 Å². The minimum absolute atomic E-state index is 0.0101. The van der Waals surface area contributed by atoms with Gasteiger partial charge in [-0.15, -0.1) is 0 Å². The zero-order chi connectivity index (χ0) is 23.3. The number of nitrogens with one attached hydrogen (secondary N) is 2. The van der Waals surface area contributed by atoms with Crippen LogP contribution in [-0.2, 0) is 12.8 Å². The normalized spacial score (nSPS) is 16.9. The zero-order valence-electron chi connectivity index (χ0n) is 18.4. The summed E-state index contributed by atoms with van der Waals surface area (Å²) in [5.74, 6) is -1.15. The summed E-state index contributed by atoms with van der Waals surface area (Å²) >= 11 is 0. The minimum Gasteiger partial charge on any atom is -0.350 e. The molecule has 0 saturated heterocycles. The van der Waals surface area contributed by atoms with Gasteiger partial charge in [0.15, 0.2) is 0 Å². The van der Waals surface area contributed by atoms with Crippen LogP contribution >= 0.6 is 0 Å². The summed E-state index contributed by atoms with van der Waals surface area (Å²) in [5, 5.41) is 9.45. The van der Waals surface area contributed by atoms with Crippen molar-refractivity contribution in [2.24, 2.45) is 0 Å². The van der Waals surface area contributed by atoms with Crippen molar-refractivity contribution in [2.45, 2.75) is 32.7 Å². The molecule has 33 heavy (non-hydrogen) atoms. The van der Waals surface area contributed by atoms with Gasteiger partial charge in [0.05, 0.1) is 17.3 Å². The largest absolute Gasteiger partial charge is 0.350 e. The fourth-order valence-corrected chi connectivity index (χ4v) is 4.75. The Hall–Kier alpha value is -3.81. The summed E-state index contributed by atoms with van der Waals surface area (Å²) in [6.45, 7) is 4.29. The first-order valence-electron chi connectivity index (χ1n) is 10.9. The molecule has 0 bridgehead atoms. The number of hydrogen-bond donors (Lipinski definition) is 2. The molecule has 0 saturated carbocycles. The third-order valence-electron chi connectivity index (χ3n) is 6.75. The van der Waals surface area contributed by atoms with Gasteiger partial charge in [-0.25, -0.2) is 9.49 Å². The second-order valence-electron chi connectivity index (χ2n) is 8.59. The number of halogens is 1. The fourth-order valence-electron chi connectivity index (χ4n) is 4.75. The summed E-state index contributed by atoms with van der Waals surface area (Å²) in [6.07, 6.45) is 0.969. The van der Waals surface area contributed by atoms with Crippen LogP contribution in [0.5, 0.6) is 0 Å². The van der Waals surface area contributed by atoms with E-state index in [-0.39, 0.29) is 23.1 Å². The number of nitrogens with zero attached hydrogens (tertiary/aromatic N) is 2. The van der Waals surface area contributed by atoms with Crippen LogP contribution in [0.1, 0.15) is 60.3 Å². The summed E-state index contributed by atoms with van der Waals surface area (Å²) in [7, 11) is 0. The Morgan fingerprint density at radius 3 is 2.82 bits per heavy atom. The van der Waals surface area contributed by atoms with Gasteiger partial charge in [0.1, 0.15) is 5.82 Å². The Balaban J connectivity index is 1.48. The Kier molecular flexibility index (Phi) is 5.08. The highest BCUT2D eigenvalue weighted by Crippen LogP contribution is 2.35. The lowest BCUT2D eigenvalue weighted by Crippen LogP contribution is -2.49. The van der Waals surface area contributed by atoms with Crippen LogP contribution < -0.4 is 10.9 Å². The predicted molar refractivity (Wildman–Crippen MR) is 120 cm³/mol. The number of amides is 2. The summed E-state index contributed by atoms with van der Waals surface area (Å²) in [5.41, 5.74) is 4.99. The Bertz CT molecular complexity index is 1360. The number of carbonyl (C=O) groups is 2. The molecule has 2 aliphatic heterocycles. The number of benzene rings is 2. The highest BCUT2D eigenvalue weighted by molar-refractivity contribution is 5.99. The number of hydrogen-bond acceptors (Lipinski definition) is 4. The van der Waals surface area contributed by atoms with Gasteiger partial charge < -0.3 is 10.2 Å². The van der Waals surface area contributed by atoms with E-state index in [9.17, 15) is 18.8 Å². The van der Waals surface area contributed by atoms with Crippen molar-refractivity contribution in [3.63, 3.8) is 0 Å². The van der Waals surface area contributed by atoms with E-state index in [4.69, 9.17) is 0 Å². The maximum atomic E-state index is 14.8. The molecule has 3 aromatic rings. The molecule has 2 amide bonds. The minimum atomic E-state index is -0.593. The lowest BCUT2D eigenvalue weighted by molar-refractivity contribution is 0.0627. The molecule has 2 aromatic carbocycles. The van der Waals surface area contributed by atoms with Gasteiger partial charge in [-0.05, 0) is 60.7 Å². The van der Waals surface area contributed by atoms with Gasteiger partial charge in [0.25, 0.3) is 17.4 Å². The quantitative estimate of drug-likeness (QED) is 0.647. The van der Waals surface area contributed by atoms with Crippen molar-refractivity contribution in [1.82, 2.24) is 20.4 Å². The van der Waals surface area contributed by atoms with Crippen molar-refractivity contribution in [2.75, 3.05) is 13.1 Å². The first-order valence-corrected chi connectivity index (χ1v) is 10.9. The molecule has 1 unspecified atom stereocenters. The van der Waals surface area contributed by atoms with Crippen molar-refractivity contribution < 1.29 is 14.0 Å². The van der Waals surface area contributed by atoms with Crippen LogP contribution in [0.25, 0.3) is 0 Å². The summed E-state index contributed by atoms with van der Waals surface area (Å²) in [4.78, 5) is 39.2. The number of rotatable bonds is 3. The SMILES string of the molecule is Cc1c(Cc2ccc(F)c(C(=O)N3CCc4cccc5c4C3CNC5=O)c2)n[nH]c(=O)c1C. The van der Waals surface area contributed by atoms with E-state index < -0.39 is 11.7 Å². The first kappa shape index (κ1) is 21.1. The van der Waals surface area contributed by atoms with E-state index in [1.165, 1.54) is 6.07 Å². The molecule has 1 aromatic heterocycles. The van der Waals surface area contributed by atoms with Gasteiger partial charge in [-0.3, -0.25) is 14.4 Å². The second kappa shape index (κ2) is 7.95. The number of aromatic nitrogens is 2. The highest BCUT2D eigenvalue weighted by atomic mass is 19.1. The molecular weight excluding hydrogens is 423 g/mol. The molecule has 5 rings (SSSR count). The van der Waals surface area contributed by atoms with Crippen LogP contribution in [0.3, 0.4) is 0 Å². The molecule has 168 valence electrons. The molecule has 0 aliphatic carbocycles. The lowest BCUT2D eigenvalue weighted by atomic mass is 9.85. The maximum Gasteiger partial charge on any atom is 0.267 e. The van der Waals surface area contributed by atoms with Gasteiger partial charge in [0.2, 0.25) is 0 Å². The lowest BCUT2D eigenvalue weighted by Gasteiger charge is -2.40. The van der Waals surface area contributed by atoms with Crippen LogP contribution in [0, 0.1) is 19.7 Å². The molecule has 0 fully saturated rings. The standard InChI is InChI=1S/C25H23FN4O3/c1-13-14(2)23(31)29-28-20(13)11-15-6-7-19(26)18(10-15)25(33)30-9-8-16-4-3-5-17-22(16)21(30)12-27-24(17)32/h3-7,10,21H,8-9,11-12H2,1-2H3,(H,27,32)(H,29,31). The van der Waals surface area contributed by atoms with Gasteiger partial charge >= 0.3 is 0 Å². The maximum absolute atomic E-state index is 14.8. The van der Waals surface area contributed by atoms with Gasteiger partial charge in [-0.2, -0.15) is 5.10 Å². The van der Waals surface area contributed by atoms with Gasteiger partial charge in [-0.1, -0.05) is 18.2 Å². The van der Waals surface area contributed by atoms with Crippen LogP contribution in [-0.4, -0.2) is 40.0 Å². The average molecular weight is 446 g/mol. The van der Waals surface area contributed by atoms with E-state index in [1.54, 1.807) is 30.0 Å². The Morgan fingerprint density at radius 2 is 2.00 bits per heavy atom. The molecule has 2 aliphatic rings. The third-order valence-corrected chi connectivity index (χ3v) is 6.75. The first-order chi connectivity index (χ1) is 15.8. The molecule has 1 atom stereocenters. The molecule has 7 nitrogen and oxygen atoms in total. The van der Waals surface area contributed by atoms with Crippen molar-refractivity contribution in [1.29, 1.82) is 0 Å². The second-order valence-corrected chi connectivity index (χ2v) is 8.59. The molecule has 0 spiro atoms. The Morgan fingerprint density at radius 1 is 1.18 bits per heavy atom. The van der Waals surface area contributed by atoms with Crippen molar-refractivity contribution in [3.05, 3.63) is 97.2 Å². The number of H-pyrrole nitrogens is 1. The fraction of sp³-hybridized carbons (Fsp3) is 0.280. The Labute approximate surface area is 189 Å². The van der Waals surface area contributed by atoms with Crippen LogP contribution in [0.2, 0.25) is 0 Å². The summed E-state index contributed by atoms with van der Waals surface area (Å²) < 4.78 is 14.8. The topological polar surface area (TPSA) is 95.2 Å². The smallest absolute Gasteiger partial charge is 0.267 e. The molecule has 0 radical (unpaired) electrons. The van der Waals surface area contributed by atoms with E-state index in [2.05, 4.69) is 15.5 Å². The number of carbonyl (C=O) groups excluding carboxylic acids is 2. The van der Waals surface area contributed by atoms with E-state index in [1.807, 2.05) is 19.1 Å². The van der Waals surface area contributed by atoms with E-state index in [0.29, 0.717) is 42.8 Å². The van der Waals surface area contributed by atoms with Crippen molar-refractivity contribution in [3.8, 4) is 0 Å². The average Bonchev–Trinajstić information content (AvgIpc) is 2.82. The highest BCUT2D eigenvalue weighted by Gasteiger charge is 2.37. The number of aromatic amines is 1. The van der Waals surface area contributed by atoms with Crippen molar-refractivity contribution >= 4 is 11.8 Å². The monoisotopic (exact) mass is 446 g/mol. The molecule has 2 N–H and O–H groups in total. The van der Waals surface area contributed by atoms with Crippen LogP contribution in [0.4, 0.5) is 4.39 Å². The van der Waals surface area contributed by atoms with E-state index in [0.717, 1.165) is 22.3 Å². The van der Waals surface area contributed by atoms with E-state index >= 15 is 0 Å². The zero-order valence-corrected chi connectivity index (χ0v) is 18.4.